The standard InChI is InChI=1S/C16H15N3O/c17-9-13-10-18-8-6-15(13)19-11-16(20)7-5-12-3-1-2-4-14(12)16/h1-4,6,8,10,20H,5,7,11H2,(H,18,19). The topological polar surface area (TPSA) is 68.9 Å². The van der Waals surface area contributed by atoms with E-state index in [0.717, 1.165) is 12.0 Å². The number of hydrogen-bond donors (Lipinski definition) is 2. The molecule has 0 spiro atoms. The average Bonchev–Trinajstić information content (AvgIpc) is 2.84. The minimum atomic E-state index is -0.868. The monoisotopic (exact) mass is 265 g/mol. The van der Waals surface area contributed by atoms with Crippen molar-refractivity contribution < 1.29 is 5.11 Å². The van der Waals surface area contributed by atoms with E-state index in [4.69, 9.17) is 5.26 Å². The first-order valence-corrected chi connectivity index (χ1v) is 6.62. The number of aliphatic hydroxyl groups is 1. The van der Waals surface area contributed by atoms with E-state index in [1.54, 1.807) is 12.3 Å². The Morgan fingerprint density at radius 1 is 1.35 bits per heavy atom. The van der Waals surface area contributed by atoms with Crippen LogP contribution in [0.4, 0.5) is 5.69 Å². The van der Waals surface area contributed by atoms with Gasteiger partial charge in [-0.2, -0.15) is 5.26 Å². The number of aryl methyl sites for hydroxylation is 1. The Balaban J connectivity index is 1.81. The van der Waals surface area contributed by atoms with Crippen molar-refractivity contribution in [2.45, 2.75) is 18.4 Å². The summed E-state index contributed by atoms with van der Waals surface area (Å²) in [4.78, 5) is 3.92. The van der Waals surface area contributed by atoms with E-state index < -0.39 is 5.60 Å². The number of rotatable bonds is 3. The molecule has 1 heterocycles. The van der Waals surface area contributed by atoms with Crippen LogP contribution in [0.5, 0.6) is 0 Å². The number of benzene rings is 1. The fourth-order valence-electron chi connectivity index (χ4n) is 2.73. The Morgan fingerprint density at radius 2 is 2.20 bits per heavy atom. The Morgan fingerprint density at radius 3 is 3.05 bits per heavy atom. The number of nitrogens with zero attached hydrogens (tertiary/aromatic N) is 2. The SMILES string of the molecule is N#Cc1cnccc1NCC1(O)CCc2ccccc21. The maximum Gasteiger partial charge on any atom is 0.107 e. The molecule has 2 N–H and O–H groups in total. The van der Waals surface area contributed by atoms with E-state index >= 15 is 0 Å². The van der Waals surface area contributed by atoms with Gasteiger partial charge in [0, 0.05) is 18.9 Å². The highest BCUT2D eigenvalue weighted by Crippen LogP contribution is 2.36. The third-order valence-corrected chi connectivity index (χ3v) is 3.84. The largest absolute Gasteiger partial charge is 0.383 e. The van der Waals surface area contributed by atoms with Crippen molar-refractivity contribution in [1.29, 1.82) is 5.26 Å². The summed E-state index contributed by atoms with van der Waals surface area (Å²) in [7, 11) is 0. The molecule has 2 aromatic rings. The zero-order chi connectivity index (χ0) is 14.0. The van der Waals surface area contributed by atoms with Crippen molar-refractivity contribution in [1.82, 2.24) is 4.98 Å². The van der Waals surface area contributed by atoms with Crippen LogP contribution in [-0.4, -0.2) is 16.6 Å². The lowest BCUT2D eigenvalue weighted by molar-refractivity contribution is 0.0527. The molecule has 1 aliphatic rings. The number of hydrogen-bond acceptors (Lipinski definition) is 4. The first-order valence-electron chi connectivity index (χ1n) is 6.62. The fraction of sp³-hybridized carbons (Fsp3) is 0.250. The molecule has 1 aliphatic carbocycles. The average molecular weight is 265 g/mol. The van der Waals surface area contributed by atoms with Crippen molar-refractivity contribution in [3.63, 3.8) is 0 Å². The summed E-state index contributed by atoms with van der Waals surface area (Å²) in [6.07, 6.45) is 4.74. The van der Waals surface area contributed by atoms with Gasteiger partial charge in [0.2, 0.25) is 0 Å². The van der Waals surface area contributed by atoms with Crippen LogP contribution in [0.2, 0.25) is 0 Å². The number of anilines is 1. The predicted molar refractivity (Wildman–Crippen MR) is 76.1 cm³/mol. The molecule has 3 rings (SSSR count). The molecule has 0 radical (unpaired) electrons. The maximum absolute atomic E-state index is 10.8. The third kappa shape index (κ3) is 2.13. The van der Waals surface area contributed by atoms with E-state index in [0.29, 0.717) is 24.2 Å². The summed E-state index contributed by atoms with van der Waals surface area (Å²) in [5, 5.41) is 23.0. The number of aromatic nitrogens is 1. The van der Waals surface area contributed by atoms with E-state index in [-0.39, 0.29) is 0 Å². The minimum Gasteiger partial charge on any atom is -0.383 e. The van der Waals surface area contributed by atoms with Crippen LogP contribution < -0.4 is 5.32 Å². The molecule has 100 valence electrons. The summed E-state index contributed by atoms with van der Waals surface area (Å²) in [6.45, 7) is 0.392. The molecule has 0 amide bonds. The van der Waals surface area contributed by atoms with Gasteiger partial charge in [-0.3, -0.25) is 4.98 Å². The van der Waals surface area contributed by atoms with Crippen LogP contribution in [0.3, 0.4) is 0 Å². The predicted octanol–water partition coefficient (Wildman–Crippen LogP) is 2.20. The van der Waals surface area contributed by atoms with Crippen molar-refractivity contribution in [2.75, 3.05) is 11.9 Å². The highest BCUT2D eigenvalue weighted by Gasteiger charge is 2.36. The molecule has 0 aliphatic heterocycles. The van der Waals surface area contributed by atoms with Crippen LogP contribution in [0.1, 0.15) is 23.1 Å². The van der Waals surface area contributed by atoms with Crippen molar-refractivity contribution in [2.24, 2.45) is 0 Å². The molecule has 0 saturated heterocycles. The van der Waals surface area contributed by atoms with Gasteiger partial charge < -0.3 is 10.4 Å². The lowest BCUT2D eigenvalue weighted by atomic mass is 9.96. The van der Waals surface area contributed by atoms with Crippen LogP contribution in [-0.2, 0) is 12.0 Å². The van der Waals surface area contributed by atoms with Crippen LogP contribution in [0, 0.1) is 11.3 Å². The molecule has 0 saturated carbocycles. The first-order chi connectivity index (χ1) is 9.73. The van der Waals surface area contributed by atoms with E-state index in [1.807, 2.05) is 18.2 Å². The van der Waals surface area contributed by atoms with Gasteiger partial charge in [-0.15, -0.1) is 0 Å². The Labute approximate surface area is 117 Å². The molecule has 20 heavy (non-hydrogen) atoms. The van der Waals surface area contributed by atoms with E-state index in [9.17, 15) is 5.11 Å². The first kappa shape index (κ1) is 12.6. The molecule has 4 nitrogen and oxygen atoms in total. The molecule has 1 aromatic heterocycles. The summed E-state index contributed by atoms with van der Waals surface area (Å²) < 4.78 is 0. The van der Waals surface area contributed by atoms with Crippen LogP contribution >= 0.6 is 0 Å². The lowest BCUT2D eigenvalue weighted by Crippen LogP contribution is -2.31. The van der Waals surface area contributed by atoms with Crippen LogP contribution in [0.25, 0.3) is 0 Å². The summed E-state index contributed by atoms with van der Waals surface area (Å²) in [5.41, 5.74) is 2.52. The van der Waals surface area contributed by atoms with E-state index in [1.165, 1.54) is 11.8 Å². The van der Waals surface area contributed by atoms with Crippen molar-refractivity contribution in [3.05, 3.63) is 59.4 Å². The molecule has 0 fully saturated rings. The van der Waals surface area contributed by atoms with Crippen molar-refractivity contribution in [3.8, 4) is 6.07 Å². The number of nitrogens with one attached hydrogen (secondary N) is 1. The maximum atomic E-state index is 10.8. The smallest absolute Gasteiger partial charge is 0.107 e. The quantitative estimate of drug-likeness (QED) is 0.892. The Bertz CT molecular complexity index is 677. The molecular formula is C16H15N3O. The summed E-state index contributed by atoms with van der Waals surface area (Å²) in [5.74, 6) is 0. The van der Waals surface area contributed by atoms with Crippen LogP contribution in [0.15, 0.2) is 42.7 Å². The highest BCUT2D eigenvalue weighted by atomic mass is 16.3. The summed E-state index contributed by atoms with van der Waals surface area (Å²) >= 11 is 0. The molecule has 1 unspecified atom stereocenters. The summed E-state index contributed by atoms with van der Waals surface area (Å²) in [6, 6.07) is 11.8. The van der Waals surface area contributed by atoms with Gasteiger partial charge in [0.1, 0.15) is 11.7 Å². The number of nitriles is 1. The number of pyridine rings is 1. The van der Waals surface area contributed by atoms with Gasteiger partial charge >= 0.3 is 0 Å². The Kier molecular flexibility index (Phi) is 3.13. The molecule has 1 aromatic carbocycles. The minimum absolute atomic E-state index is 0.392. The second-order valence-electron chi connectivity index (χ2n) is 5.08. The van der Waals surface area contributed by atoms with Gasteiger partial charge in [-0.05, 0) is 30.0 Å². The van der Waals surface area contributed by atoms with Gasteiger partial charge in [-0.25, -0.2) is 0 Å². The highest BCUT2D eigenvalue weighted by molar-refractivity contribution is 5.56. The second kappa shape index (κ2) is 4.95. The molecule has 1 atom stereocenters. The fourth-order valence-corrected chi connectivity index (χ4v) is 2.73. The molecule has 0 bridgehead atoms. The van der Waals surface area contributed by atoms with Crippen molar-refractivity contribution >= 4 is 5.69 Å². The zero-order valence-electron chi connectivity index (χ0n) is 11.0. The third-order valence-electron chi connectivity index (χ3n) is 3.84. The molecular weight excluding hydrogens is 250 g/mol. The number of fused-ring (bicyclic) bond motifs is 1. The van der Waals surface area contributed by atoms with Gasteiger partial charge in [0.05, 0.1) is 11.3 Å². The van der Waals surface area contributed by atoms with Gasteiger partial charge in [-0.1, -0.05) is 24.3 Å². The lowest BCUT2D eigenvalue weighted by Gasteiger charge is -2.25. The zero-order valence-corrected chi connectivity index (χ0v) is 11.0. The Hall–Kier alpha value is -2.38. The second-order valence-corrected chi connectivity index (χ2v) is 5.08. The normalized spacial score (nSPS) is 20.2. The van der Waals surface area contributed by atoms with Gasteiger partial charge in [0.25, 0.3) is 0 Å². The molecule has 4 heteroatoms. The van der Waals surface area contributed by atoms with Gasteiger partial charge in [0.15, 0.2) is 0 Å². The van der Waals surface area contributed by atoms with E-state index in [2.05, 4.69) is 22.4 Å².